The fraction of sp³-hybridized carbons (Fsp3) is 0.300. The SMILES string of the molecule is COc1cc(CN)cc(C)c1C=O. The van der Waals surface area contributed by atoms with Crippen molar-refractivity contribution < 1.29 is 9.53 Å². The molecule has 0 heterocycles. The van der Waals surface area contributed by atoms with Gasteiger partial charge in [-0.05, 0) is 24.1 Å². The molecule has 70 valence electrons. The van der Waals surface area contributed by atoms with Crippen molar-refractivity contribution in [1.29, 1.82) is 0 Å². The lowest BCUT2D eigenvalue weighted by Gasteiger charge is -2.08. The molecule has 0 fully saturated rings. The Morgan fingerprint density at radius 3 is 2.69 bits per heavy atom. The highest BCUT2D eigenvalue weighted by atomic mass is 16.5. The molecule has 3 nitrogen and oxygen atoms in total. The molecule has 1 aromatic carbocycles. The van der Waals surface area contributed by atoms with Gasteiger partial charge in [-0.15, -0.1) is 0 Å². The zero-order valence-electron chi connectivity index (χ0n) is 7.83. The third kappa shape index (κ3) is 1.87. The summed E-state index contributed by atoms with van der Waals surface area (Å²) in [5.74, 6) is 0.593. The number of ether oxygens (including phenoxy) is 1. The lowest BCUT2D eigenvalue weighted by Crippen LogP contribution is -2.01. The van der Waals surface area contributed by atoms with E-state index in [1.807, 2.05) is 13.0 Å². The zero-order chi connectivity index (χ0) is 9.84. The van der Waals surface area contributed by atoms with E-state index in [1.54, 1.807) is 13.2 Å². The van der Waals surface area contributed by atoms with Crippen molar-refractivity contribution in [3.8, 4) is 5.75 Å². The summed E-state index contributed by atoms with van der Waals surface area (Å²) in [7, 11) is 1.54. The number of carbonyl (C=O) groups excluding carboxylic acids is 1. The van der Waals surface area contributed by atoms with Crippen LogP contribution in [0.25, 0.3) is 0 Å². The highest BCUT2D eigenvalue weighted by Gasteiger charge is 2.06. The van der Waals surface area contributed by atoms with Crippen LogP contribution in [0.1, 0.15) is 21.5 Å². The first-order valence-corrected chi connectivity index (χ1v) is 4.05. The lowest BCUT2D eigenvalue weighted by molar-refractivity contribution is 0.112. The van der Waals surface area contributed by atoms with E-state index in [9.17, 15) is 4.79 Å². The molecular weight excluding hydrogens is 166 g/mol. The molecule has 0 unspecified atom stereocenters. The maximum atomic E-state index is 10.7. The molecule has 2 N–H and O–H groups in total. The van der Waals surface area contributed by atoms with E-state index in [4.69, 9.17) is 10.5 Å². The van der Waals surface area contributed by atoms with Crippen LogP contribution in [-0.2, 0) is 6.54 Å². The number of nitrogens with two attached hydrogens (primary N) is 1. The monoisotopic (exact) mass is 179 g/mol. The van der Waals surface area contributed by atoms with Crippen molar-refractivity contribution in [1.82, 2.24) is 0 Å². The number of rotatable bonds is 3. The molecule has 0 saturated carbocycles. The van der Waals surface area contributed by atoms with Gasteiger partial charge >= 0.3 is 0 Å². The third-order valence-electron chi connectivity index (χ3n) is 1.98. The van der Waals surface area contributed by atoms with Crippen molar-refractivity contribution >= 4 is 6.29 Å². The minimum Gasteiger partial charge on any atom is -0.496 e. The van der Waals surface area contributed by atoms with Crippen LogP contribution >= 0.6 is 0 Å². The standard InChI is InChI=1S/C10H13NO2/c1-7-3-8(5-11)4-10(13-2)9(7)6-12/h3-4,6H,5,11H2,1-2H3. The van der Waals surface area contributed by atoms with Gasteiger partial charge in [0.05, 0.1) is 12.7 Å². The van der Waals surface area contributed by atoms with Crippen molar-refractivity contribution in [2.24, 2.45) is 5.73 Å². The Morgan fingerprint density at radius 1 is 1.54 bits per heavy atom. The predicted octanol–water partition coefficient (Wildman–Crippen LogP) is 1.27. The summed E-state index contributed by atoms with van der Waals surface area (Å²) in [4.78, 5) is 10.7. The van der Waals surface area contributed by atoms with Crippen LogP contribution < -0.4 is 10.5 Å². The van der Waals surface area contributed by atoms with Gasteiger partial charge < -0.3 is 10.5 Å². The molecular formula is C10H13NO2. The van der Waals surface area contributed by atoms with Gasteiger partial charge in [-0.1, -0.05) is 6.07 Å². The molecule has 0 aliphatic heterocycles. The maximum absolute atomic E-state index is 10.7. The van der Waals surface area contributed by atoms with Crippen LogP contribution in [0.2, 0.25) is 0 Å². The Morgan fingerprint density at radius 2 is 2.23 bits per heavy atom. The molecule has 3 heteroatoms. The van der Waals surface area contributed by atoms with Crippen LogP contribution in [-0.4, -0.2) is 13.4 Å². The van der Waals surface area contributed by atoms with E-state index in [2.05, 4.69) is 0 Å². The predicted molar refractivity (Wildman–Crippen MR) is 51.0 cm³/mol. The first-order chi connectivity index (χ1) is 6.22. The molecule has 0 aromatic heterocycles. The molecule has 0 bridgehead atoms. The average Bonchev–Trinajstić information content (AvgIpc) is 2.16. The second-order valence-corrected chi connectivity index (χ2v) is 2.85. The molecule has 0 aliphatic carbocycles. The average molecular weight is 179 g/mol. The van der Waals surface area contributed by atoms with Gasteiger partial charge in [-0.25, -0.2) is 0 Å². The summed E-state index contributed by atoms with van der Waals surface area (Å²) in [5, 5.41) is 0. The van der Waals surface area contributed by atoms with Crippen LogP contribution in [0.3, 0.4) is 0 Å². The van der Waals surface area contributed by atoms with Gasteiger partial charge in [-0.2, -0.15) is 0 Å². The Balaban J connectivity index is 3.28. The fourth-order valence-corrected chi connectivity index (χ4v) is 1.28. The summed E-state index contributed by atoms with van der Waals surface area (Å²) in [6.45, 7) is 2.32. The molecule has 0 spiro atoms. The smallest absolute Gasteiger partial charge is 0.154 e. The third-order valence-corrected chi connectivity index (χ3v) is 1.98. The van der Waals surface area contributed by atoms with Crippen LogP contribution in [0.5, 0.6) is 5.75 Å². The Kier molecular flexibility index (Phi) is 3.03. The molecule has 13 heavy (non-hydrogen) atoms. The number of methoxy groups -OCH3 is 1. The maximum Gasteiger partial charge on any atom is 0.154 e. The lowest BCUT2D eigenvalue weighted by atomic mass is 10.0. The highest BCUT2D eigenvalue weighted by Crippen LogP contribution is 2.22. The molecule has 0 aliphatic rings. The van der Waals surface area contributed by atoms with Crippen molar-refractivity contribution in [3.05, 3.63) is 28.8 Å². The molecule has 1 aromatic rings. The van der Waals surface area contributed by atoms with Crippen LogP contribution in [0, 0.1) is 6.92 Å². The molecule has 1 rings (SSSR count). The summed E-state index contributed by atoms with van der Waals surface area (Å²) in [6, 6.07) is 3.68. The molecule has 0 atom stereocenters. The first-order valence-electron chi connectivity index (χ1n) is 4.05. The highest BCUT2D eigenvalue weighted by molar-refractivity contribution is 5.81. The van der Waals surface area contributed by atoms with Gasteiger partial charge in [-0.3, -0.25) is 4.79 Å². The van der Waals surface area contributed by atoms with E-state index >= 15 is 0 Å². The summed E-state index contributed by atoms with van der Waals surface area (Å²) < 4.78 is 5.07. The molecule has 0 saturated heterocycles. The number of carbonyl (C=O) groups is 1. The van der Waals surface area contributed by atoms with Crippen molar-refractivity contribution in [2.75, 3.05) is 7.11 Å². The second kappa shape index (κ2) is 4.05. The van der Waals surface area contributed by atoms with E-state index in [-0.39, 0.29) is 0 Å². The fourth-order valence-electron chi connectivity index (χ4n) is 1.28. The van der Waals surface area contributed by atoms with Gasteiger partial charge in [0.1, 0.15) is 5.75 Å². The summed E-state index contributed by atoms with van der Waals surface area (Å²) in [5.41, 5.74) is 7.96. The Labute approximate surface area is 77.5 Å². The van der Waals surface area contributed by atoms with E-state index in [1.165, 1.54) is 0 Å². The zero-order valence-corrected chi connectivity index (χ0v) is 7.83. The van der Waals surface area contributed by atoms with Crippen molar-refractivity contribution in [2.45, 2.75) is 13.5 Å². The minimum absolute atomic E-state index is 0.455. The Hall–Kier alpha value is -1.35. The van der Waals surface area contributed by atoms with Gasteiger partial charge in [0.15, 0.2) is 6.29 Å². The van der Waals surface area contributed by atoms with Crippen LogP contribution in [0.15, 0.2) is 12.1 Å². The van der Waals surface area contributed by atoms with Gasteiger partial charge in [0.2, 0.25) is 0 Å². The Bertz CT molecular complexity index is 321. The summed E-state index contributed by atoms with van der Waals surface area (Å²) >= 11 is 0. The topological polar surface area (TPSA) is 52.3 Å². The van der Waals surface area contributed by atoms with Crippen molar-refractivity contribution in [3.63, 3.8) is 0 Å². The first kappa shape index (κ1) is 9.74. The van der Waals surface area contributed by atoms with E-state index < -0.39 is 0 Å². The quantitative estimate of drug-likeness (QED) is 0.711. The summed E-state index contributed by atoms with van der Waals surface area (Å²) in [6.07, 6.45) is 0.800. The molecule has 0 amide bonds. The van der Waals surface area contributed by atoms with Crippen LogP contribution in [0.4, 0.5) is 0 Å². The minimum atomic E-state index is 0.455. The number of hydrogen-bond acceptors (Lipinski definition) is 3. The number of hydrogen-bond donors (Lipinski definition) is 1. The van der Waals surface area contributed by atoms with Gasteiger partial charge in [0, 0.05) is 6.54 Å². The largest absolute Gasteiger partial charge is 0.496 e. The number of benzene rings is 1. The number of aryl methyl sites for hydroxylation is 1. The van der Waals surface area contributed by atoms with E-state index in [0.717, 1.165) is 17.4 Å². The second-order valence-electron chi connectivity index (χ2n) is 2.85. The van der Waals surface area contributed by atoms with E-state index in [0.29, 0.717) is 17.9 Å². The van der Waals surface area contributed by atoms with Gasteiger partial charge in [0.25, 0.3) is 0 Å². The normalized spacial score (nSPS) is 9.77. The molecule has 0 radical (unpaired) electrons. The number of aldehydes is 1.